The summed E-state index contributed by atoms with van der Waals surface area (Å²) in [5.74, 6) is 1.49. The van der Waals surface area contributed by atoms with E-state index in [-0.39, 0.29) is 0 Å². The van der Waals surface area contributed by atoms with Gasteiger partial charge in [-0.3, -0.25) is 0 Å². The number of nitrogens with two attached hydrogens (primary N) is 1. The van der Waals surface area contributed by atoms with Crippen molar-refractivity contribution >= 4 is 16.6 Å². The average Bonchev–Trinajstić information content (AvgIpc) is 2.90. The molecule has 0 spiro atoms. The zero-order valence-corrected chi connectivity index (χ0v) is 13.7. The van der Waals surface area contributed by atoms with Gasteiger partial charge >= 0.3 is 0 Å². The fraction of sp³-hybridized carbons (Fsp3) is 0.263. The zero-order chi connectivity index (χ0) is 16.4. The van der Waals surface area contributed by atoms with Crippen LogP contribution in [0.2, 0.25) is 0 Å². The van der Waals surface area contributed by atoms with Gasteiger partial charge in [0.25, 0.3) is 0 Å². The summed E-state index contributed by atoms with van der Waals surface area (Å²) in [4.78, 5) is 0. The number of nitrogens with zero attached hydrogens (tertiary/aromatic N) is 1. The second-order valence-corrected chi connectivity index (χ2v) is 5.86. The number of anilines is 1. The molecule has 1 heterocycles. The molecular weight excluding hydrogens is 288 g/mol. The number of ether oxygens (including phenoxy) is 2. The van der Waals surface area contributed by atoms with E-state index in [0.29, 0.717) is 12.6 Å². The summed E-state index contributed by atoms with van der Waals surface area (Å²) in [7, 11) is 1.65. The third-order valence-electron chi connectivity index (χ3n) is 3.91. The smallest absolute Gasteiger partial charge is 0.161 e. The van der Waals surface area contributed by atoms with E-state index in [9.17, 15) is 0 Å². The first-order chi connectivity index (χ1) is 11.1. The van der Waals surface area contributed by atoms with E-state index in [2.05, 4.69) is 30.5 Å². The predicted octanol–water partition coefficient (Wildman–Crippen LogP) is 4.39. The van der Waals surface area contributed by atoms with Crippen molar-refractivity contribution in [3.05, 3.63) is 54.2 Å². The standard InChI is InChI=1S/C19H22N2O2/c1-13(2)21-16(10-14-8-9-15(20)11-17(14)21)12-23-19-7-5-4-6-18(19)22-3/h4-11,13H,12,20H2,1-3H3. The quantitative estimate of drug-likeness (QED) is 0.711. The van der Waals surface area contributed by atoms with E-state index in [1.165, 1.54) is 5.39 Å². The second kappa shape index (κ2) is 6.24. The van der Waals surface area contributed by atoms with Gasteiger partial charge in [0, 0.05) is 17.1 Å². The first kappa shape index (κ1) is 15.3. The van der Waals surface area contributed by atoms with Crippen molar-refractivity contribution in [2.75, 3.05) is 12.8 Å². The van der Waals surface area contributed by atoms with Crippen LogP contribution >= 0.6 is 0 Å². The van der Waals surface area contributed by atoms with Crippen LogP contribution in [0.25, 0.3) is 10.9 Å². The summed E-state index contributed by atoms with van der Waals surface area (Å²) in [6.07, 6.45) is 0. The van der Waals surface area contributed by atoms with Crippen molar-refractivity contribution < 1.29 is 9.47 Å². The molecule has 4 heteroatoms. The second-order valence-electron chi connectivity index (χ2n) is 5.86. The van der Waals surface area contributed by atoms with Gasteiger partial charge in [-0.2, -0.15) is 0 Å². The van der Waals surface area contributed by atoms with Gasteiger partial charge in [0.15, 0.2) is 11.5 Å². The minimum absolute atomic E-state index is 0.325. The molecule has 2 aromatic carbocycles. The van der Waals surface area contributed by atoms with E-state index >= 15 is 0 Å². The Balaban J connectivity index is 1.95. The third kappa shape index (κ3) is 2.97. The Kier molecular flexibility index (Phi) is 4.15. The fourth-order valence-corrected chi connectivity index (χ4v) is 2.91. The van der Waals surface area contributed by atoms with Crippen molar-refractivity contribution in [3.8, 4) is 11.5 Å². The SMILES string of the molecule is COc1ccccc1OCc1cc2ccc(N)cc2n1C(C)C. The van der Waals surface area contributed by atoms with Crippen LogP contribution in [0.1, 0.15) is 25.6 Å². The summed E-state index contributed by atoms with van der Waals surface area (Å²) >= 11 is 0. The highest BCUT2D eigenvalue weighted by Crippen LogP contribution is 2.29. The van der Waals surface area contributed by atoms with Crippen LogP contribution in [-0.4, -0.2) is 11.7 Å². The average molecular weight is 310 g/mol. The molecule has 0 bridgehead atoms. The molecule has 1 aromatic heterocycles. The molecule has 2 N–H and O–H groups in total. The maximum atomic E-state index is 5.99. The van der Waals surface area contributed by atoms with Gasteiger partial charge < -0.3 is 19.8 Å². The van der Waals surface area contributed by atoms with Crippen molar-refractivity contribution in [2.45, 2.75) is 26.5 Å². The number of aromatic nitrogens is 1. The Morgan fingerprint density at radius 1 is 1.04 bits per heavy atom. The van der Waals surface area contributed by atoms with Gasteiger partial charge in [0.2, 0.25) is 0 Å². The molecule has 0 amide bonds. The number of hydrogen-bond acceptors (Lipinski definition) is 3. The monoisotopic (exact) mass is 310 g/mol. The van der Waals surface area contributed by atoms with Crippen molar-refractivity contribution in [2.24, 2.45) is 0 Å². The van der Waals surface area contributed by atoms with E-state index in [1.54, 1.807) is 7.11 Å². The molecule has 0 unspecified atom stereocenters. The predicted molar refractivity (Wildman–Crippen MR) is 94.1 cm³/mol. The number of nitrogen functional groups attached to an aromatic ring is 1. The van der Waals surface area contributed by atoms with Gasteiger partial charge in [0.05, 0.1) is 18.3 Å². The molecular formula is C19H22N2O2. The number of rotatable bonds is 5. The van der Waals surface area contributed by atoms with Gasteiger partial charge in [-0.25, -0.2) is 0 Å². The molecule has 3 rings (SSSR count). The van der Waals surface area contributed by atoms with E-state index < -0.39 is 0 Å². The lowest BCUT2D eigenvalue weighted by Gasteiger charge is -2.16. The highest BCUT2D eigenvalue weighted by Gasteiger charge is 2.13. The lowest BCUT2D eigenvalue weighted by Crippen LogP contribution is -2.08. The van der Waals surface area contributed by atoms with Crippen LogP contribution in [-0.2, 0) is 6.61 Å². The molecule has 0 saturated heterocycles. The molecule has 23 heavy (non-hydrogen) atoms. The normalized spacial score (nSPS) is 11.1. The van der Waals surface area contributed by atoms with Crippen LogP contribution in [0.4, 0.5) is 5.69 Å². The molecule has 0 atom stereocenters. The molecule has 4 nitrogen and oxygen atoms in total. The number of methoxy groups -OCH3 is 1. The lowest BCUT2D eigenvalue weighted by molar-refractivity contribution is 0.274. The van der Waals surface area contributed by atoms with E-state index in [0.717, 1.165) is 28.4 Å². The first-order valence-corrected chi connectivity index (χ1v) is 7.75. The number of fused-ring (bicyclic) bond motifs is 1. The van der Waals surface area contributed by atoms with E-state index in [4.69, 9.17) is 15.2 Å². The molecule has 0 aliphatic heterocycles. The van der Waals surface area contributed by atoms with Gasteiger partial charge in [0.1, 0.15) is 6.61 Å². The lowest BCUT2D eigenvalue weighted by atomic mass is 10.2. The third-order valence-corrected chi connectivity index (χ3v) is 3.91. The fourth-order valence-electron chi connectivity index (χ4n) is 2.91. The maximum absolute atomic E-state index is 5.99. The topological polar surface area (TPSA) is 49.4 Å². The van der Waals surface area contributed by atoms with Crippen molar-refractivity contribution in [1.29, 1.82) is 0 Å². The zero-order valence-electron chi connectivity index (χ0n) is 13.7. The summed E-state index contributed by atoms with van der Waals surface area (Å²) < 4.78 is 13.6. The Hall–Kier alpha value is -2.62. The summed E-state index contributed by atoms with van der Waals surface area (Å²) in [5, 5.41) is 1.17. The van der Waals surface area contributed by atoms with Crippen LogP contribution in [0.5, 0.6) is 11.5 Å². The number of para-hydroxylation sites is 2. The van der Waals surface area contributed by atoms with Gasteiger partial charge in [-0.15, -0.1) is 0 Å². The molecule has 0 aliphatic carbocycles. The van der Waals surface area contributed by atoms with E-state index in [1.807, 2.05) is 36.4 Å². The molecule has 0 fully saturated rings. The maximum Gasteiger partial charge on any atom is 0.161 e. The first-order valence-electron chi connectivity index (χ1n) is 7.75. The van der Waals surface area contributed by atoms with Crippen LogP contribution in [0.15, 0.2) is 48.5 Å². The van der Waals surface area contributed by atoms with Gasteiger partial charge in [-0.05, 0) is 44.2 Å². The molecule has 0 aliphatic rings. The Morgan fingerprint density at radius 2 is 1.78 bits per heavy atom. The minimum Gasteiger partial charge on any atom is -0.493 e. The Bertz CT molecular complexity index is 821. The summed E-state index contributed by atoms with van der Waals surface area (Å²) in [6, 6.07) is 16.2. The van der Waals surface area contributed by atoms with Crippen LogP contribution in [0.3, 0.4) is 0 Å². The Morgan fingerprint density at radius 3 is 2.48 bits per heavy atom. The molecule has 0 saturated carbocycles. The van der Waals surface area contributed by atoms with Crippen molar-refractivity contribution in [3.63, 3.8) is 0 Å². The van der Waals surface area contributed by atoms with Crippen LogP contribution < -0.4 is 15.2 Å². The Labute approximate surface area is 136 Å². The van der Waals surface area contributed by atoms with Crippen molar-refractivity contribution in [1.82, 2.24) is 4.57 Å². The molecule has 3 aromatic rings. The molecule has 120 valence electrons. The summed E-state index contributed by atoms with van der Waals surface area (Å²) in [5.41, 5.74) is 8.97. The number of benzene rings is 2. The highest BCUT2D eigenvalue weighted by molar-refractivity contribution is 5.84. The minimum atomic E-state index is 0.325. The number of hydrogen-bond donors (Lipinski definition) is 1. The molecule has 0 radical (unpaired) electrons. The highest BCUT2D eigenvalue weighted by atomic mass is 16.5. The van der Waals surface area contributed by atoms with Crippen LogP contribution in [0, 0.1) is 0 Å². The summed E-state index contributed by atoms with van der Waals surface area (Å²) in [6.45, 7) is 4.80. The van der Waals surface area contributed by atoms with Gasteiger partial charge in [-0.1, -0.05) is 18.2 Å². The largest absolute Gasteiger partial charge is 0.493 e.